The number of hydrogen-bond acceptors (Lipinski definition) is 24. The zero-order chi connectivity index (χ0) is 89.1. The highest BCUT2D eigenvalue weighted by atomic mass is 16.6. The highest BCUT2D eigenvalue weighted by Crippen LogP contribution is 2.38. The number of aliphatic hydroxyl groups is 4. The van der Waals surface area contributed by atoms with Gasteiger partial charge in [-0.25, -0.2) is 19.9 Å². The summed E-state index contributed by atoms with van der Waals surface area (Å²) < 4.78 is 81.7. The van der Waals surface area contributed by atoms with E-state index in [9.17, 15) is 39.6 Å². The van der Waals surface area contributed by atoms with E-state index in [1.807, 2.05) is 167 Å². The van der Waals surface area contributed by atoms with Crippen molar-refractivity contribution in [2.75, 3.05) is 132 Å². The molecule has 8 aromatic carbocycles. The molecule has 28 heteroatoms. The Balaban J connectivity index is 0.00000841. The van der Waals surface area contributed by atoms with Crippen LogP contribution in [0.3, 0.4) is 0 Å². The van der Waals surface area contributed by atoms with Gasteiger partial charge in [-0.2, -0.15) is 0 Å². The predicted octanol–water partition coefficient (Wildman–Crippen LogP) is 13.9. The number of carbonyl (C=O) groups is 4. The number of Topliss-reactive ketones (excluding diaryl/α,β-unsaturated/α-hetero) is 4. The fraction of sp³-hybridized carbons (Fsp3) is 0.515. The SMILES string of the molecule is C.C.CCOCc1nc2c(CC(=O)COCCOCC(COCCOCC(=O)Cc3cc4ccccc4c4c3nc(COCC)n4CC(C)(C)O)(COCCOCC(=O)Cc3cc4ccccc4c4c3nc(COCC)n4CC(C)(C)O)COCCOCC(=O)Cc3cc4ccccc4c4c3nc(COCC)n4CC(C)(C)O)cc3ccccc3c2n1CC(C)(C)O. The van der Waals surface area contributed by atoms with Crippen LogP contribution < -0.4 is 0 Å². The Hall–Kier alpha value is -9.28. The van der Waals surface area contributed by atoms with Crippen LogP contribution in [0.25, 0.3) is 87.2 Å². The lowest BCUT2D eigenvalue weighted by Gasteiger charge is -2.33. The minimum Gasteiger partial charge on any atom is -0.389 e. The van der Waals surface area contributed by atoms with Gasteiger partial charge >= 0.3 is 0 Å². The lowest BCUT2D eigenvalue weighted by molar-refractivity contribution is -0.130. The summed E-state index contributed by atoms with van der Waals surface area (Å²) in [5.74, 6) is 1.76. The number of rotatable bonds is 56. The lowest BCUT2D eigenvalue weighted by Crippen LogP contribution is -2.43. The molecule has 0 unspecified atom stereocenters. The molecule has 12 rings (SSSR count). The number of ether oxygens (including phenoxy) is 12. The topological polar surface area (TPSA) is 331 Å². The minimum atomic E-state index is -1.09. The largest absolute Gasteiger partial charge is 0.389 e. The quantitative estimate of drug-likeness (QED) is 0.0257. The van der Waals surface area contributed by atoms with Gasteiger partial charge in [0.25, 0.3) is 0 Å². The fourth-order valence-electron chi connectivity index (χ4n) is 16.0. The van der Waals surface area contributed by atoms with Gasteiger partial charge in [-0.15, -0.1) is 0 Å². The van der Waals surface area contributed by atoms with Crippen molar-refractivity contribution in [2.24, 2.45) is 5.41 Å². The van der Waals surface area contributed by atoms with Gasteiger partial charge in [0.15, 0.2) is 23.1 Å². The summed E-state index contributed by atoms with van der Waals surface area (Å²) in [5.41, 5.74) is 3.16. The van der Waals surface area contributed by atoms with Crippen molar-refractivity contribution >= 4 is 110 Å². The van der Waals surface area contributed by atoms with Crippen molar-refractivity contribution in [3.05, 3.63) is 167 Å². The number of ketones is 4. The first-order valence-electron chi connectivity index (χ1n) is 43.4. The molecule has 0 radical (unpaired) electrons. The molecule has 4 N–H and O–H groups in total. The number of fused-ring (bicyclic) bond motifs is 12. The Morgan fingerprint density at radius 2 is 0.496 bits per heavy atom. The van der Waals surface area contributed by atoms with E-state index in [0.29, 0.717) is 94.0 Å². The van der Waals surface area contributed by atoms with Crippen molar-refractivity contribution < 1.29 is 96.4 Å². The van der Waals surface area contributed by atoms with Gasteiger partial charge in [-0.3, -0.25) is 19.2 Å². The van der Waals surface area contributed by atoms with Crippen molar-refractivity contribution in [3.63, 3.8) is 0 Å². The van der Waals surface area contributed by atoms with Crippen LogP contribution in [0.15, 0.2) is 121 Å². The van der Waals surface area contributed by atoms with Gasteiger partial charge in [0.1, 0.15) is 76.2 Å². The second kappa shape index (κ2) is 45.8. The Morgan fingerprint density at radius 3 is 0.693 bits per heavy atom. The first-order valence-corrected chi connectivity index (χ1v) is 43.4. The first kappa shape index (κ1) is 99.9. The van der Waals surface area contributed by atoms with Gasteiger partial charge < -0.3 is 95.5 Å². The van der Waals surface area contributed by atoms with E-state index in [1.165, 1.54) is 0 Å². The van der Waals surface area contributed by atoms with Crippen molar-refractivity contribution in [1.82, 2.24) is 38.2 Å². The first-order chi connectivity index (χ1) is 59.9. The van der Waals surface area contributed by atoms with Crippen molar-refractivity contribution in [2.45, 2.75) is 199 Å². The van der Waals surface area contributed by atoms with Crippen molar-refractivity contribution in [3.8, 4) is 0 Å². The molecule has 0 amide bonds. The van der Waals surface area contributed by atoms with E-state index in [0.717, 1.165) is 65.2 Å². The lowest BCUT2D eigenvalue weighted by atomic mass is 9.92. The predicted molar refractivity (Wildman–Crippen MR) is 493 cm³/mol. The normalized spacial score (nSPS) is 12.5. The zero-order valence-electron chi connectivity index (χ0n) is 74.6. The van der Waals surface area contributed by atoms with E-state index < -0.39 is 27.8 Å². The summed E-state index contributed by atoms with van der Waals surface area (Å²) in [5, 5.41) is 51.9. The maximum atomic E-state index is 14.1. The molecule has 688 valence electrons. The van der Waals surface area contributed by atoms with Crippen molar-refractivity contribution in [1.29, 1.82) is 0 Å². The average molecular weight is 1750 g/mol. The molecular formula is C99H132N8O20. The number of carbonyl (C=O) groups excluding carboxylic acids is 4. The molecule has 0 aliphatic heterocycles. The third kappa shape index (κ3) is 27.0. The molecule has 0 saturated heterocycles. The molecule has 0 aliphatic carbocycles. The van der Waals surface area contributed by atoms with Gasteiger partial charge in [0, 0.05) is 73.7 Å². The summed E-state index contributed by atoms with van der Waals surface area (Å²) >= 11 is 0. The van der Waals surface area contributed by atoms with E-state index in [4.69, 9.17) is 76.8 Å². The summed E-state index contributed by atoms with van der Waals surface area (Å²) in [4.78, 5) is 76.5. The maximum absolute atomic E-state index is 14.1. The smallest absolute Gasteiger partial charge is 0.162 e. The fourth-order valence-corrected chi connectivity index (χ4v) is 16.0. The third-order valence-electron chi connectivity index (χ3n) is 21.2. The van der Waals surface area contributed by atoms with E-state index in [2.05, 4.69) is 0 Å². The zero-order valence-corrected chi connectivity index (χ0v) is 74.6. The highest BCUT2D eigenvalue weighted by molar-refractivity contribution is 6.11. The van der Waals surface area contributed by atoms with Crippen LogP contribution in [-0.4, -0.2) is 236 Å². The van der Waals surface area contributed by atoms with Gasteiger partial charge in [-0.1, -0.05) is 112 Å². The Morgan fingerprint density at radius 1 is 0.299 bits per heavy atom. The van der Waals surface area contributed by atoms with Crippen LogP contribution >= 0.6 is 0 Å². The van der Waals surface area contributed by atoms with Gasteiger partial charge in [-0.05, 0) is 151 Å². The molecule has 0 spiro atoms. The van der Waals surface area contributed by atoms with Crippen LogP contribution in [0.2, 0.25) is 0 Å². The molecule has 0 atom stereocenters. The number of nitrogens with zero attached hydrogens (tertiary/aromatic N) is 8. The van der Waals surface area contributed by atoms with E-state index >= 15 is 0 Å². The van der Waals surface area contributed by atoms with Crippen LogP contribution in [0.1, 0.15) is 143 Å². The molecule has 0 bridgehead atoms. The maximum Gasteiger partial charge on any atom is 0.162 e. The molecule has 4 heterocycles. The summed E-state index contributed by atoms with van der Waals surface area (Å²) in [6.45, 7) is 24.4. The second-order valence-corrected chi connectivity index (χ2v) is 34.9. The van der Waals surface area contributed by atoms with Crippen LogP contribution in [0.4, 0.5) is 0 Å². The van der Waals surface area contributed by atoms with Gasteiger partial charge in [0.05, 0.1) is 177 Å². The summed E-state index contributed by atoms with van der Waals surface area (Å²) in [7, 11) is 0. The van der Waals surface area contributed by atoms with Crippen LogP contribution in [0, 0.1) is 5.41 Å². The monoisotopic (exact) mass is 1750 g/mol. The molecule has 28 nitrogen and oxygen atoms in total. The minimum absolute atomic E-state index is 0. The number of aromatic nitrogens is 8. The number of benzene rings is 8. The molecular weight excluding hydrogens is 1620 g/mol. The van der Waals surface area contributed by atoms with E-state index in [1.54, 1.807) is 55.4 Å². The number of imidazole rings is 4. The Bertz CT molecular complexity index is 4990. The summed E-state index contributed by atoms with van der Waals surface area (Å²) in [6.07, 6.45) is 0.0635. The highest BCUT2D eigenvalue weighted by Gasteiger charge is 2.35. The second-order valence-electron chi connectivity index (χ2n) is 34.9. The average Bonchev–Trinajstić information content (AvgIpc) is 1.63. The van der Waals surface area contributed by atoms with Crippen LogP contribution in [-0.2, 0) is 154 Å². The Kier molecular flexibility index (Phi) is 36.0. The molecule has 0 fully saturated rings. The molecule has 127 heavy (non-hydrogen) atoms. The summed E-state index contributed by atoms with van der Waals surface area (Å²) in [6, 6.07) is 39.5. The third-order valence-corrected chi connectivity index (χ3v) is 21.2. The van der Waals surface area contributed by atoms with Crippen LogP contribution in [0.5, 0.6) is 0 Å². The molecule has 4 aromatic heterocycles. The van der Waals surface area contributed by atoms with Gasteiger partial charge in [0.2, 0.25) is 0 Å². The molecule has 0 saturated carbocycles. The number of hydrogen-bond donors (Lipinski definition) is 4. The molecule has 0 aliphatic rings. The van der Waals surface area contributed by atoms with E-state index in [-0.39, 0.29) is 222 Å². The standard InChI is InChI=1S/C97H124N8O20.2CH4/c1-13-114-53-81-98-85-69(41-65-25-17-21-29-77(65)89(85)102(81)57-93(5,6)110)45-73(106)49-118-33-37-122-61-97(62-123-38-34-119-50-74(107)46-70-42-66-26-18-22-30-78(66)90-86(70)99-82(54-115-14-2)103(90)58-94(7,8)111,63-124-39-35-120-51-75(108)47-71-43-67-27-19-23-31-79(67)91-87(71)100-83(55-116-15-3)104(91)59-95(9,10)112)64-125-40-36-121-52-76(109)48-72-44-68-28-20-24-32-80(68)92-88(72)101-84(56-117-16-4)105(92)60-96(11,12)113;;/h17-32,41-44,110-113H,13-16,33-40,45-64H2,1-12H3;2*1H4. The Labute approximate surface area is 744 Å². The molecule has 12 aromatic rings.